The second kappa shape index (κ2) is 9.95. The lowest BCUT2D eigenvalue weighted by Gasteiger charge is -2.22. The fourth-order valence-corrected chi connectivity index (χ4v) is 4.36. The molecule has 30 heavy (non-hydrogen) atoms. The molecule has 158 valence electrons. The lowest BCUT2D eigenvalue weighted by atomic mass is 9.84. The van der Waals surface area contributed by atoms with Gasteiger partial charge in [-0.25, -0.2) is 0 Å². The van der Waals surface area contributed by atoms with Gasteiger partial charge in [0, 0.05) is 60.2 Å². The molecule has 0 heterocycles. The Balaban J connectivity index is 0.00000155. The zero-order valence-electron chi connectivity index (χ0n) is 17.8. The van der Waals surface area contributed by atoms with E-state index >= 15 is 0 Å². The van der Waals surface area contributed by atoms with Crippen LogP contribution in [0.3, 0.4) is 0 Å². The Hall–Kier alpha value is -2.58. The molecular formula is C22H24N2O4S2. The van der Waals surface area contributed by atoms with Crippen LogP contribution in [0.5, 0.6) is 0 Å². The minimum atomic E-state index is -0.353. The Morgan fingerprint density at radius 2 is 1.03 bits per heavy atom. The number of rotatable bonds is 2. The van der Waals surface area contributed by atoms with Crippen LogP contribution in [0.1, 0.15) is 45.7 Å². The van der Waals surface area contributed by atoms with Gasteiger partial charge in [0.2, 0.25) is 0 Å². The summed E-state index contributed by atoms with van der Waals surface area (Å²) in [6, 6.07) is 9.81. The zero-order valence-corrected chi connectivity index (χ0v) is 19.4. The van der Waals surface area contributed by atoms with Gasteiger partial charge in [-0.1, -0.05) is 38.1 Å². The van der Waals surface area contributed by atoms with Crippen LogP contribution in [-0.4, -0.2) is 60.0 Å². The molecular weight excluding hydrogens is 420 g/mol. The Kier molecular flexibility index (Phi) is 7.86. The van der Waals surface area contributed by atoms with Crippen LogP contribution in [-0.2, 0) is 0 Å². The van der Waals surface area contributed by atoms with Gasteiger partial charge < -0.3 is 9.80 Å². The van der Waals surface area contributed by atoms with E-state index in [2.05, 4.69) is 0 Å². The SMILES string of the molecule is CC.CN(C)C(=O)Sc1cccc2c1C(=O)c1c(SC(=O)N(C)C)cccc1C2=O. The first kappa shape index (κ1) is 23.7. The zero-order chi connectivity index (χ0) is 22.6. The molecule has 0 N–H and O–H groups in total. The normalized spacial score (nSPS) is 11.7. The first-order valence-corrected chi connectivity index (χ1v) is 11.0. The van der Waals surface area contributed by atoms with Gasteiger partial charge in [-0.2, -0.15) is 0 Å². The van der Waals surface area contributed by atoms with E-state index in [9.17, 15) is 19.2 Å². The smallest absolute Gasteiger partial charge is 0.285 e. The monoisotopic (exact) mass is 444 g/mol. The molecule has 0 saturated heterocycles. The van der Waals surface area contributed by atoms with Crippen molar-refractivity contribution in [3.8, 4) is 0 Å². The Bertz CT molecular complexity index is 939. The topological polar surface area (TPSA) is 74.8 Å². The van der Waals surface area contributed by atoms with Crippen LogP contribution >= 0.6 is 23.5 Å². The van der Waals surface area contributed by atoms with Gasteiger partial charge in [-0.3, -0.25) is 19.2 Å². The van der Waals surface area contributed by atoms with Crippen molar-refractivity contribution >= 4 is 45.6 Å². The molecule has 0 radical (unpaired) electrons. The fraction of sp³-hybridized carbons (Fsp3) is 0.273. The standard InChI is InChI=1S/C20H18N2O4S2.C2H6/c1-21(2)19(25)27-13-9-5-7-11-15(13)18(24)16-12(17(11)23)8-6-10-14(16)28-20(26)22(3)4;1-2/h5-10H,1-4H3;1-2H3. The number of carbonyl (C=O) groups excluding carboxylic acids is 4. The van der Waals surface area contributed by atoms with Crippen molar-refractivity contribution in [1.29, 1.82) is 0 Å². The first-order valence-electron chi connectivity index (χ1n) is 9.36. The third-order valence-electron chi connectivity index (χ3n) is 4.12. The summed E-state index contributed by atoms with van der Waals surface area (Å²) < 4.78 is 0. The molecule has 2 aromatic rings. The number of hydrogen-bond acceptors (Lipinski definition) is 6. The van der Waals surface area contributed by atoms with Crippen molar-refractivity contribution < 1.29 is 19.2 Å². The summed E-state index contributed by atoms with van der Waals surface area (Å²) in [7, 11) is 6.48. The van der Waals surface area contributed by atoms with Crippen molar-refractivity contribution in [2.75, 3.05) is 28.2 Å². The molecule has 1 aliphatic rings. The lowest BCUT2D eigenvalue weighted by Crippen LogP contribution is -2.24. The summed E-state index contributed by atoms with van der Waals surface area (Å²) in [6.45, 7) is 4.00. The van der Waals surface area contributed by atoms with E-state index in [4.69, 9.17) is 0 Å². The van der Waals surface area contributed by atoms with Crippen LogP contribution in [0.2, 0.25) is 0 Å². The highest BCUT2D eigenvalue weighted by Crippen LogP contribution is 2.38. The predicted octanol–water partition coefficient (Wildman–Crippen LogP) is 5.04. The van der Waals surface area contributed by atoms with Crippen LogP contribution in [0.25, 0.3) is 0 Å². The van der Waals surface area contributed by atoms with Crippen molar-refractivity contribution in [3.63, 3.8) is 0 Å². The van der Waals surface area contributed by atoms with E-state index in [1.807, 2.05) is 13.8 Å². The molecule has 2 amide bonds. The van der Waals surface area contributed by atoms with Crippen molar-refractivity contribution in [1.82, 2.24) is 9.80 Å². The first-order chi connectivity index (χ1) is 14.2. The molecule has 8 heteroatoms. The largest absolute Gasteiger partial charge is 0.339 e. The second-order valence-electron chi connectivity index (χ2n) is 6.54. The minimum absolute atomic E-state index is 0.213. The molecule has 6 nitrogen and oxygen atoms in total. The summed E-state index contributed by atoms with van der Waals surface area (Å²) in [4.78, 5) is 54.4. The highest BCUT2D eigenvalue weighted by Gasteiger charge is 2.34. The van der Waals surface area contributed by atoms with E-state index in [1.165, 1.54) is 9.80 Å². The van der Waals surface area contributed by atoms with Gasteiger partial charge in [0.05, 0.1) is 0 Å². The predicted molar refractivity (Wildman–Crippen MR) is 121 cm³/mol. The molecule has 2 aromatic carbocycles. The van der Waals surface area contributed by atoms with E-state index < -0.39 is 0 Å². The van der Waals surface area contributed by atoms with Gasteiger partial charge in [0.15, 0.2) is 11.6 Å². The highest BCUT2D eigenvalue weighted by molar-refractivity contribution is 8.13. The van der Waals surface area contributed by atoms with Crippen molar-refractivity contribution in [3.05, 3.63) is 58.7 Å². The molecule has 0 saturated carbocycles. The van der Waals surface area contributed by atoms with Crippen LogP contribution in [0.4, 0.5) is 9.59 Å². The van der Waals surface area contributed by atoms with Crippen LogP contribution < -0.4 is 0 Å². The molecule has 0 bridgehead atoms. The quantitative estimate of drug-likeness (QED) is 0.516. The Morgan fingerprint density at radius 3 is 1.37 bits per heavy atom. The average Bonchev–Trinajstić information content (AvgIpc) is 2.73. The number of amides is 2. The number of fused-ring (bicyclic) bond motifs is 2. The van der Waals surface area contributed by atoms with E-state index in [-0.39, 0.29) is 44.3 Å². The molecule has 0 spiro atoms. The summed E-state index contributed by atoms with van der Waals surface area (Å²) in [6.07, 6.45) is 0. The van der Waals surface area contributed by atoms with Crippen molar-refractivity contribution in [2.24, 2.45) is 0 Å². The molecule has 0 atom stereocenters. The average molecular weight is 445 g/mol. The summed E-state index contributed by atoms with van der Waals surface area (Å²) in [5, 5.41) is -0.491. The Morgan fingerprint density at radius 1 is 0.667 bits per heavy atom. The molecule has 0 unspecified atom stereocenters. The van der Waals surface area contributed by atoms with Gasteiger partial charge in [-0.15, -0.1) is 0 Å². The highest BCUT2D eigenvalue weighted by atomic mass is 32.2. The van der Waals surface area contributed by atoms with Gasteiger partial charge >= 0.3 is 0 Å². The van der Waals surface area contributed by atoms with Gasteiger partial charge in [-0.05, 0) is 35.7 Å². The maximum atomic E-state index is 13.4. The summed E-state index contributed by atoms with van der Waals surface area (Å²) in [5.41, 5.74) is 0.974. The number of ketones is 2. The minimum Gasteiger partial charge on any atom is -0.339 e. The number of benzene rings is 2. The van der Waals surface area contributed by atoms with E-state index in [0.29, 0.717) is 9.79 Å². The molecule has 3 rings (SSSR count). The number of thioether (sulfide) groups is 2. The third kappa shape index (κ3) is 4.60. The van der Waals surface area contributed by atoms with Crippen molar-refractivity contribution in [2.45, 2.75) is 23.6 Å². The maximum Gasteiger partial charge on any atom is 0.285 e. The molecule has 0 aliphatic heterocycles. The fourth-order valence-electron chi connectivity index (χ4n) is 2.72. The molecule has 0 aromatic heterocycles. The summed E-state index contributed by atoms with van der Waals surface area (Å²) >= 11 is 1.81. The number of nitrogens with zero attached hydrogens (tertiary/aromatic N) is 2. The molecule has 1 aliphatic carbocycles. The van der Waals surface area contributed by atoms with Crippen LogP contribution in [0, 0.1) is 0 Å². The summed E-state index contributed by atoms with van der Waals surface area (Å²) in [5.74, 6) is -0.641. The molecule has 0 fully saturated rings. The number of hydrogen-bond donors (Lipinski definition) is 0. The Labute approximate surface area is 185 Å². The number of carbonyl (C=O) groups is 4. The third-order valence-corrected chi connectivity index (χ3v) is 6.32. The second-order valence-corrected chi connectivity index (χ2v) is 8.53. The van der Waals surface area contributed by atoms with Crippen LogP contribution in [0.15, 0.2) is 46.2 Å². The van der Waals surface area contributed by atoms with Gasteiger partial charge in [0.1, 0.15) is 0 Å². The van der Waals surface area contributed by atoms with E-state index in [1.54, 1.807) is 64.6 Å². The van der Waals surface area contributed by atoms with E-state index in [0.717, 1.165) is 23.5 Å². The van der Waals surface area contributed by atoms with Gasteiger partial charge in [0.25, 0.3) is 10.5 Å². The lowest BCUT2D eigenvalue weighted by molar-refractivity contribution is 0.0974. The maximum absolute atomic E-state index is 13.4.